The van der Waals surface area contributed by atoms with E-state index in [0.717, 1.165) is 26.8 Å². The van der Waals surface area contributed by atoms with Crippen LogP contribution in [-0.4, -0.2) is 14.8 Å². The minimum Gasteiger partial charge on any atom is -0.398 e. The quantitative estimate of drug-likeness (QED) is 0.703. The fourth-order valence-electron chi connectivity index (χ4n) is 1.93. The second kappa shape index (κ2) is 4.10. The predicted molar refractivity (Wildman–Crippen MR) is 75.7 cm³/mol. The topological polar surface area (TPSA) is 56.7 Å². The van der Waals surface area contributed by atoms with E-state index in [0.29, 0.717) is 5.69 Å². The van der Waals surface area contributed by atoms with Gasteiger partial charge in [0.2, 0.25) is 0 Å². The molecule has 0 atom stereocenters. The smallest absolute Gasteiger partial charge is 0.0980 e. The molecule has 0 aliphatic rings. The molecule has 90 valence electrons. The number of halogens is 1. The number of benzene rings is 1. The van der Waals surface area contributed by atoms with Gasteiger partial charge < -0.3 is 5.73 Å². The summed E-state index contributed by atoms with van der Waals surface area (Å²) in [5.41, 5.74) is 9.45. The zero-order valence-corrected chi connectivity index (χ0v) is 11.3. The lowest BCUT2D eigenvalue weighted by molar-refractivity contribution is 0.867. The maximum atomic E-state index is 5.99. The summed E-state index contributed by atoms with van der Waals surface area (Å²) in [6.07, 6.45) is 3.69. The normalized spacial score (nSPS) is 11.0. The highest BCUT2D eigenvalue weighted by Gasteiger charge is 2.08. The van der Waals surface area contributed by atoms with Crippen LogP contribution in [0.4, 0.5) is 5.69 Å². The molecule has 0 saturated heterocycles. The van der Waals surface area contributed by atoms with Crippen molar-refractivity contribution in [2.24, 2.45) is 0 Å². The predicted octanol–water partition coefficient (Wildman–Crippen LogP) is 3.07. The molecule has 3 rings (SSSR count). The first-order valence-electron chi connectivity index (χ1n) is 5.51. The van der Waals surface area contributed by atoms with Crippen LogP contribution >= 0.6 is 15.9 Å². The SMILES string of the molecule is Cc1ccn(-c2ccc(N)c3cc(Br)cnc23)n1. The molecule has 0 unspecified atom stereocenters. The van der Waals surface area contributed by atoms with Crippen molar-refractivity contribution in [1.29, 1.82) is 0 Å². The number of anilines is 1. The van der Waals surface area contributed by atoms with Gasteiger partial charge in [0, 0.05) is 27.9 Å². The number of rotatable bonds is 1. The summed E-state index contributed by atoms with van der Waals surface area (Å²) in [7, 11) is 0. The summed E-state index contributed by atoms with van der Waals surface area (Å²) in [4.78, 5) is 4.44. The molecule has 0 spiro atoms. The van der Waals surface area contributed by atoms with Gasteiger partial charge >= 0.3 is 0 Å². The van der Waals surface area contributed by atoms with Gasteiger partial charge in [-0.3, -0.25) is 4.98 Å². The highest BCUT2D eigenvalue weighted by molar-refractivity contribution is 9.10. The van der Waals surface area contributed by atoms with E-state index in [-0.39, 0.29) is 0 Å². The Morgan fingerprint density at radius 1 is 1.28 bits per heavy atom. The zero-order chi connectivity index (χ0) is 12.7. The van der Waals surface area contributed by atoms with Crippen LogP contribution in [0, 0.1) is 6.92 Å². The molecule has 4 nitrogen and oxygen atoms in total. The molecule has 18 heavy (non-hydrogen) atoms. The summed E-state index contributed by atoms with van der Waals surface area (Å²) in [6, 6.07) is 7.74. The maximum absolute atomic E-state index is 5.99. The van der Waals surface area contributed by atoms with Gasteiger partial charge in [0.1, 0.15) is 0 Å². The first kappa shape index (κ1) is 11.2. The van der Waals surface area contributed by atoms with Gasteiger partial charge in [0.15, 0.2) is 0 Å². The lowest BCUT2D eigenvalue weighted by Crippen LogP contribution is -1.99. The minimum atomic E-state index is 0.714. The van der Waals surface area contributed by atoms with Crippen molar-refractivity contribution >= 4 is 32.5 Å². The highest BCUT2D eigenvalue weighted by Crippen LogP contribution is 2.27. The number of pyridine rings is 1. The van der Waals surface area contributed by atoms with Crippen LogP contribution in [0.2, 0.25) is 0 Å². The van der Waals surface area contributed by atoms with Crippen molar-refractivity contribution in [3.63, 3.8) is 0 Å². The van der Waals surface area contributed by atoms with E-state index >= 15 is 0 Å². The highest BCUT2D eigenvalue weighted by atomic mass is 79.9. The number of aromatic nitrogens is 3. The van der Waals surface area contributed by atoms with E-state index in [4.69, 9.17) is 5.73 Å². The molecule has 2 N–H and O–H groups in total. The van der Waals surface area contributed by atoms with Crippen molar-refractivity contribution in [3.8, 4) is 5.69 Å². The zero-order valence-electron chi connectivity index (χ0n) is 9.76. The monoisotopic (exact) mass is 302 g/mol. The van der Waals surface area contributed by atoms with Crippen LogP contribution in [0.25, 0.3) is 16.6 Å². The Balaban J connectivity index is 2.34. The molecule has 2 aromatic heterocycles. The van der Waals surface area contributed by atoms with Gasteiger partial charge in [-0.05, 0) is 47.1 Å². The van der Waals surface area contributed by atoms with E-state index in [1.54, 1.807) is 6.20 Å². The average molecular weight is 303 g/mol. The molecule has 0 bridgehead atoms. The van der Waals surface area contributed by atoms with E-state index in [2.05, 4.69) is 26.0 Å². The Morgan fingerprint density at radius 3 is 2.83 bits per heavy atom. The maximum Gasteiger partial charge on any atom is 0.0980 e. The third-order valence-electron chi connectivity index (χ3n) is 2.80. The molecule has 0 aliphatic heterocycles. The molecular formula is C13H11BrN4. The summed E-state index contributed by atoms with van der Waals surface area (Å²) in [5.74, 6) is 0. The van der Waals surface area contributed by atoms with Crippen LogP contribution in [-0.2, 0) is 0 Å². The summed E-state index contributed by atoms with van der Waals surface area (Å²) in [6.45, 7) is 1.96. The van der Waals surface area contributed by atoms with Crippen LogP contribution in [0.15, 0.2) is 41.1 Å². The van der Waals surface area contributed by atoms with Crippen LogP contribution in [0.1, 0.15) is 5.69 Å². The largest absolute Gasteiger partial charge is 0.398 e. The minimum absolute atomic E-state index is 0.714. The van der Waals surface area contributed by atoms with E-state index < -0.39 is 0 Å². The van der Waals surface area contributed by atoms with Crippen molar-refractivity contribution in [1.82, 2.24) is 14.8 Å². The molecule has 0 saturated carbocycles. The number of nitrogens with two attached hydrogens (primary N) is 1. The van der Waals surface area contributed by atoms with Crippen molar-refractivity contribution in [3.05, 3.63) is 46.8 Å². The first-order valence-corrected chi connectivity index (χ1v) is 6.31. The van der Waals surface area contributed by atoms with Crippen LogP contribution < -0.4 is 5.73 Å². The Hall–Kier alpha value is -1.88. The van der Waals surface area contributed by atoms with Crippen molar-refractivity contribution in [2.75, 3.05) is 5.73 Å². The van der Waals surface area contributed by atoms with E-state index in [1.165, 1.54) is 0 Å². The van der Waals surface area contributed by atoms with Gasteiger partial charge in [-0.1, -0.05) is 0 Å². The summed E-state index contributed by atoms with van der Waals surface area (Å²) >= 11 is 3.41. The van der Waals surface area contributed by atoms with Gasteiger partial charge in [0.05, 0.1) is 16.9 Å². The van der Waals surface area contributed by atoms with Crippen LogP contribution in [0.5, 0.6) is 0 Å². The average Bonchev–Trinajstić information content (AvgIpc) is 2.77. The summed E-state index contributed by atoms with van der Waals surface area (Å²) in [5, 5.41) is 5.33. The Morgan fingerprint density at radius 2 is 2.11 bits per heavy atom. The number of aryl methyl sites for hydroxylation is 1. The number of nitrogen functional groups attached to an aromatic ring is 1. The second-order valence-corrected chi connectivity index (χ2v) is 5.04. The van der Waals surface area contributed by atoms with Crippen molar-refractivity contribution < 1.29 is 0 Å². The number of fused-ring (bicyclic) bond motifs is 1. The Kier molecular flexibility index (Phi) is 2.56. The molecule has 1 aromatic carbocycles. The molecule has 2 heterocycles. The molecule has 5 heteroatoms. The van der Waals surface area contributed by atoms with E-state index in [1.807, 2.05) is 42.1 Å². The lowest BCUT2D eigenvalue weighted by atomic mass is 10.1. The van der Waals surface area contributed by atoms with Gasteiger partial charge in [-0.2, -0.15) is 5.10 Å². The molecule has 0 radical (unpaired) electrons. The number of hydrogen-bond donors (Lipinski definition) is 1. The van der Waals surface area contributed by atoms with Gasteiger partial charge in [0.25, 0.3) is 0 Å². The molecule has 0 fully saturated rings. The molecule has 0 aliphatic carbocycles. The number of nitrogens with zero attached hydrogens (tertiary/aromatic N) is 3. The Labute approximate surface area is 113 Å². The fourth-order valence-corrected chi connectivity index (χ4v) is 2.27. The fraction of sp³-hybridized carbons (Fsp3) is 0.0769. The summed E-state index contributed by atoms with van der Waals surface area (Å²) < 4.78 is 2.73. The molecule has 0 amide bonds. The van der Waals surface area contributed by atoms with Crippen molar-refractivity contribution in [2.45, 2.75) is 6.92 Å². The molecular weight excluding hydrogens is 292 g/mol. The molecule has 3 aromatic rings. The lowest BCUT2D eigenvalue weighted by Gasteiger charge is -2.08. The standard InChI is InChI=1S/C13H11BrN4/c1-8-4-5-18(17-8)12-3-2-11(15)10-6-9(14)7-16-13(10)12/h2-7H,15H2,1H3. The Bertz CT molecular complexity index is 733. The first-order chi connectivity index (χ1) is 8.65. The van der Waals surface area contributed by atoms with Crippen LogP contribution in [0.3, 0.4) is 0 Å². The third kappa shape index (κ3) is 1.76. The van der Waals surface area contributed by atoms with Gasteiger partial charge in [-0.15, -0.1) is 0 Å². The number of hydrogen-bond acceptors (Lipinski definition) is 3. The van der Waals surface area contributed by atoms with E-state index in [9.17, 15) is 0 Å². The van der Waals surface area contributed by atoms with Gasteiger partial charge in [-0.25, -0.2) is 4.68 Å². The second-order valence-electron chi connectivity index (χ2n) is 4.13. The third-order valence-corrected chi connectivity index (χ3v) is 3.23.